The van der Waals surface area contributed by atoms with Gasteiger partial charge in [-0.2, -0.15) is 0 Å². The smallest absolute Gasteiger partial charge is 0.497 e. The summed E-state index contributed by atoms with van der Waals surface area (Å²) in [5, 5.41) is 5.82. The van der Waals surface area contributed by atoms with Gasteiger partial charge in [0.05, 0.1) is 22.7 Å². The van der Waals surface area contributed by atoms with Crippen molar-refractivity contribution in [2.24, 2.45) is 0 Å². The summed E-state index contributed by atoms with van der Waals surface area (Å²) < 4.78 is 10.7. The number of fused-ring (bicyclic) bond motifs is 12. The van der Waals surface area contributed by atoms with Crippen LogP contribution in [0.1, 0.15) is 101 Å². The van der Waals surface area contributed by atoms with Crippen molar-refractivity contribution in [3.05, 3.63) is 144 Å². The van der Waals surface area contributed by atoms with Crippen LogP contribution in [0.3, 0.4) is 0 Å². The minimum atomic E-state index is 0. The Morgan fingerprint density at radius 1 is 0.450 bits per heavy atom. The molecule has 10 aromatic rings. The van der Waals surface area contributed by atoms with Gasteiger partial charge in [-0.05, 0) is 68.8 Å². The summed E-state index contributed by atoms with van der Waals surface area (Å²) in [4.78, 5) is 20.3. The van der Waals surface area contributed by atoms with Gasteiger partial charge in [0.2, 0.25) is 0 Å². The molecule has 0 aliphatic carbocycles. The van der Waals surface area contributed by atoms with Gasteiger partial charge in [-0.15, -0.1) is 12.1 Å². The van der Waals surface area contributed by atoms with E-state index in [0.29, 0.717) is 35.2 Å². The number of aromatic nitrogens is 6. The van der Waals surface area contributed by atoms with E-state index in [4.69, 9.17) is 24.7 Å². The van der Waals surface area contributed by atoms with Gasteiger partial charge in [-0.1, -0.05) is 150 Å². The quantitative estimate of drug-likeness (QED) is 0.112. The number of imidazole rings is 2. The van der Waals surface area contributed by atoms with Crippen molar-refractivity contribution in [1.82, 2.24) is 28.7 Å². The van der Waals surface area contributed by atoms with E-state index in [2.05, 4.69) is 149 Å². The van der Waals surface area contributed by atoms with E-state index in [1.807, 2.05) is 36.9 Å². The first kappa shape index (κ1) is 39.5. The molecule has 0 N–H and O–H groups in total. The van der Waals surface area contributed by atoms with Gasteiger partial charge in [-0.3, -0.25) is 9.97 Å². The molecule has 0 radical (unpaired) electrons. The Kier molecular flexibility index (Phi) is 10.1. The number of hydrogen-bond acceptors (Lipinski definition) is 5. The summed E-state index contributed by atoms with van der Waals surface area (Å²) in [6, 6.07) is 37.2. The standard InChI is InChI=1S/C52H46N6O.Pt/c1-29(2)35-11-9-12-36(30(3)4)47(35)45-21-19-41-39-17-15-33(27-43(39)49-53-23-25-57(49)51(41)55-45)59-34-16-18-40-42-20-22-46(48-37(31(5)6)13-10-14-38(48)32(7)8)56-52(42)58-26-24-54-50(58)44(40)28-34;/h9-26,29-32H,1-8H3;/q-2;+2. The first-order valence-corrected chi connectivity index (χ1v) is 20.7. The van der Waals surface area contributed by atoms with Gasteiger partial charge in [-0.25, -0.2) is 9.97 Å². The van der Waals surface area contributed by atoms with E-state index in [0.717, 1.165) is 66.3 Å². The average Bonchev–Trinajstić information content (AvgIpc) is 3.95. The van der Waals surface area contributed by atoms with E-state index < -0.39 is 0 Å². The fraction of sp³-hybridized carbons (Fsp3) is 0.231. The van der Waals surface area contributed by atoms with Crippen molar-refractivity contribution in [1.29, 1.82) is 0 Å². The Bertz CT molecular complexity index is 3010. The predicted octanol–water partition coefficient (Wildman–Crippen LogP) is 13.6. The molecule has 6 aromatic heterocycles. The van der Waals surface area contributed by atoms with E-state index in [9.17, 15) is 0 Å². The fourth-order valence-corrected chi connectivity index (χ4v) is 8.96. The van der Waals surface area contributed by atoms with Gasteiger partial charge in [0.1, 0.15) is 11.3 Å². The minimum absolute atomic E-state index is 0. The zero-order valence-corrected chi connectivity index (χ0v) is 37.4. The van der Waals surface area contributed by atoms with Gasteiger partial charge in [0.15, 0.2) is 0 Å². The SMILES string of the molecule is CC(C)c1cccc(C(C)C)c1-c1ccc2c3ccc(Oc4[c-]c5c(cc4)c4ccc(-c6c(C(C)C)cccc6C(C)C)nc4n4ccnc54)[c-]c3c3nccn3c2n1.[Pt+2]. The maximum Gasteiger partial charge on any atom is 2.00 e. The molecule has 10 rings (SSSR count). The van der Waals surface area contributed by atoms with Crippen LogP contribution in [-0.2, 0) is 21.1 Å². The Labute approximate surface area is 364 Å². The van der Waals surface area contributed by atoms with Crippen molar-refractivity contribution >= 4 is 54.9 Å². The van der Waals surface area contributed by atoms with Crippen LogP contribution in [0.4, 0.5) is 0 Å². The van der Waals surface area contributed by atoms with Gasteiger partial charge < -0.3 is 13.5 Å². The third-order valence-electron chi connectivity index (χ3n) is 11.8. The molecular formula is C52H46N6OPt. The third-order valence-corrected chi connectivity index (χ3v) is 11.8. The topological polar surface area (TPSA) is 69.6 Å². The number of benzene rings is 4. The first-order valence-electron chi connectivity index (χ1n) is 20.7. The molecule has 7 nitrogen and oxygen atoms in total. The molecule has 0 fully saturated rings. The van der Waals surface area contributed by atoms with Crippen molar-refractivity contribution in [3.63, 3.8) is 0 Å². The molecule has 0 atom stereocenters. The molecule has 0 saturated heterocycles. The molecule has 0 amide bonds. The van der Waals surface area contributed by atoms with E-state index >= 15 is 0 Å². The van der Waals surface area contributed by atoms with Crippen molar-refractivity contribution in [3.8, 4) is 34.0 Å². The number of rotatable bonds is 8. The Morgan fingerprint density at radius 3 is 1.18 bits per heavy atom. The van der Waals surface area contributed by atoms with Crippen LogP contribution in [0.2, 0.25) is 0 Å². The summed E-state index contributed by atoms with van der Waals surface area (Å²) in [6.45, 7) is 18.0. The second-order valence-corrected chi connectivity index (χ2v) is 16.9. The van der Waals surface area contributed by atoms with Crippen LogP contribution in [0, 0.1) is 12.1 Å². The summed E-state index contributed by atoms with van der Waals surface area (Å²) in [5.74, 6) is 2.61. The largest absolute Gasteiger partial charge is 2.00 e. The number of hydrogen-bond donors (Lipinski definition) is 0. The first-order chi connectivity index (χ1) is 28.6. The van der Waals surface area contributed by atoms with Crippen LogP contribution in [0.25, 0.3) is 77.4 Å². The van der Waals surface area contributed by atoms with Gasteiger partial charge >= 0.3 is 21.1 Å². The molecular weight excluding hydrogens is 920 g/mol. The van der Waals surface area contributed by atoms with Gasteiger partial charge in [0, 0.05) is 47.4 Å². The molecule has 4 aromatic carbocycles. The summed E-state index contributed by atoms with van der Waals surface area (Å²) >= 11 is 0. The van der Waals surface area contributed by atoms with Gasteiger partial charge in [0.25, 0.3) is 0 Å². The molecule has 0 aliphatic rings. The second-order valence-electron chi connectivity index (χ2n) is 16.9. The van der Waals surface area contributed by atoms with Crippen LogP contribution in [-0.4, -0.2) is 28.7 Å². The van der Waals surface area contributed by atoms with Crippen molar-refractivity contribution < 1.29 is 25.8 Å². The molecule has 60 heavy (non-hydrogen) atoms. The molecule has 8 heteroatoms. The Morgan fingerprint density at radius 2 is 0.817 bits per heavy atom. The molecule has 0 aliphatic heterocycles. The van der Waals surface area contributed by atoms with Crippen LogP contribution >= 0.6 is 0 Å². The second kappa shape index (κ2) is 15.3. The molecule has 300 valence electrons. The van der Waals surface area contributed by atoms with Crippen LogP contribution in [0.5, 0.6) is 11.5 Å². The number of ether oxygens (including phenoxy) is 1. The third kappa shape index (κ3) is 6.37. The monoisotopic (exact) mass is 965 g/mol. The molecule has 0 bridgehead atoms. The van der Waals surface area contributed by atoms with Crippen LogP contribution in [0.15, 0.2) is 110 Å². The van der Waals surface area contributed by atoms with Crippen molar-refractivity contribution in [2.75, 3.05) is 0 Å². The van der Waals surface area contributed by atoms with E-state index in [1.165, 1.54) is 33.4 Å². The van der Waals surface area contributed by atoms with E-state index in [-0.39, 0.29) is 21.1 Å². The van der Waals surface area contributed by atoms with E-state index in [1.54, 1.807) is 0 Å². The fourth-order valence-electron chi connectivity index (χ4n) is 8.96. The molecule has 6 heterocycles. The summed E-state index contributed by atoms with van der Waals surface area (Å²) in [7, 11) is 0. The summed E-state index contributed by atoms with van der Waals surface area (Å²) in [6.07, 6.45) is 7.61. The summed E-state index contributed by atoms with van der Waals surface area (Å²) in [5.41, 5.74) is 12.9. The minimum Gasteiger partial charge on any atom is -0.497 e. The maximum absolute atomic E-state index is 6.55. The number of pyridine rings is 4. The molecule has 0 unspecified atom stereocenters. The predicted molar refractivity (Wildman–Crippen MR) is 241 cm³/mol. The molecule has 0 spiro atoms. The zero-order chi connectivity index (χ0) is 40.7. The van der Waals surface area contributed by atoms with Crippen molar-refractivity contribution in [2.45, 2.75) is 79.1 Å². The molecule has 0 saturated carbocycles. The maximum atomic E-state index is 6.55. The Balaban J connectivity index is 0.00000462. The normalized spacial score (nSPS) is 12.1. The Hall–Kier alpha value is -5.91. The zero-order valence-electron chi connectivity index (χ0n) is 35.1. The number of nitrogens with zero attached hydrogens (tertiary/aromatic N) is 6. The van der Waals surface area contributed by atoms with Crippen LogP contribution < -0.4 is 4.74 Å². The average molecular weight is 966 g/mol.